The summed E-state index contributed by atoms with van der Waals surface area (Å²) in [4.78, 5) is 12.4. The van der Waals surface area contributed by atoms with Crippen LogP contribution in [0.15, 0.2) is 28.7 Å². The summed E-state index contributed by atoms with van der Waals surface area (Å²) < 4.78 is 6.36. The summed E-state index contributed by atoms with van der Waals surface area (Å²) in [5, 5.41) is 10.0. The zero-order valence-electron chi connectivity index (χ0n) is 14.7. The van der Waals surface area contributed by atoms with Gasteiger partial charge in [-0.1, -0.05) is 26.0 Å². The van der Waals surface area contributed by atoms with Crippen molar-refractivity contribution < 1.29 is 9.53 Å². The quantitative estimate of drug-likeness (QED) is 0.754. The zero-order chi connectivity index (χ0) is 17.9. The second-order valence-corrected chi connectivity index (χ2v) is 7.18. The van der Waals surface area contributed by atoms with Crippen molar-refractivity contribution in [3.05, 3.63) is 45.7 Å². The number of aromatic amines is 1. The minimum atomic E-state index is -0.208. The second-order valence-electron chi connectivity index (χ2n) is 6.39. The molecule has 5 nitrogen and oxygen atoms in total. The average molecular weight is 394 g/mol. The summed E-state index contributed by atoms with van der Waals surface area (Å²) in [6.07, 6.45) is 0.139. The topological polar surface area (TPSA) is 67.0 Å². The predicted octanol–water partition coefficient (Wildman–Crippen LogP) is 4.57. The maximum Gasteiger partial charge on any atom is 0.273 e. The number of halogens is 1. The van der Waals surface area contributed by atoms with Crippen LogP contribution in [0.1, 0.15) is 68.3 Å². The first-order valence-electron chi connectivity index (χ1n) is 8.10. The number of benzene rings is 1. The normalized spacial score (nSPS) is 12.5. The van der Waals surface area contributed by atoms with Gasteiger partial charge < -0.3 is 10.1 Å². The summed E-state index contributed by atoms with van der Waals surface area (Å²) >= 11 is 3.46. The van der Waals surface area contributed by atoms with E-state index in [4.69, 9.17) is 4.74 Å². The van der Waals surface area contributed by atoms with E-state index < -0.39 is 0 Å². The Bertz CT molecular complexity index is 693. The van der Waals surface area contributed by atoms with Crippen LogP contribution in [-0.4, -0.2) is 22.2 Å². The fourth-order valence-corrected chi connectivity index (χ4v) is 3.15. The van der Waals surface area contributed by atoms with Crippen LogP contribution in [0.25, 0.3) is 0 Å². The lowest BCUT2D eigenvalue weighted by Gasteiger charge is -2.15. The molecule has 1 aromatic carbocycles. The number of carbonyl (C=O) groups is 1. The number of nitrogens with one attached hydrogen (secondary N) is 2. The molecule has 1 unspecified atom stereocenters. The molecule has 2 aromatic rings. The fraction of sp³-hybridized carbons (Fsp3) is 0.444. The van der Waals surface area contributed by atoms with E-state index in [1.54, 1.807) is 0 Å². The Hall–Kier alpha value is -1.82. The Kier molecular flexibility index (Phi) is 6.04. The number of hydrogen-bond donors (Lipinski definition) is 2. The Labute approximate surface area is 151 Å². The van der Waals surface area contributed by atoms with Crippen molar-refractivity contribution in [2.45, 2.75) is 52.7 Å². The molecule has 6 heteroatoms. The van der Waals surface area contributed by atoms with Crippen LogP contribution in [0.4, 0.5) is 0 Å². The van der Waals surface area contributed by atoms with Crippen molar-refractivity contribution in [2.75, 3.05) is 0 Å². The first-order valence-corrected chi connectivity index (χ1v) is 8.90. The van der Waals surface area contributed by atoms with Crippen LogP contribution in [-0.2, 0) is 0 Å². The maximum atomic E-state index is 12.4. The van der Waals surface area contributed by atoms with Crippen LogP contribution < -0.4 is 10.1 Å². The summed E-state index contributed by atoms with van der Waals surface area (Å²) in [7, 11) is 0. The maximum absolute atomic E-state index is 12.4. The van der Waals surface area contributed by atoms with E-state index in [2.05, 4.69) is 31.4 Å². The van der Waals surface area contributed by atoms with Crippen molar-refractivity contribution in [2.24, 2.45) is 0 Å². The SMILES string of the molecule is CC(C)Oc1ccc(C(C)NC(=O)c2n[nH]c(C(C)C)c2Br)cc1. The Morgan fingerprint density at radius 2 is 1.79 bits per heavy atom. The minimum Gasteiger partial charge on any atom is -0.491 e. The molecule has 1 amide bonds. The van der Waals surface area contributed by atoms with E-state index in [1.807, 2.05) is 58.9 Å². The van der Waals surface area contributed by atoms with Crippen LogP contribution in [0.2, 0.25) is 0 Å². The molecule has 1 aromatic heterocycles. The van der Waals surface area contributed by atoms with Gasteiger partial charge in [-0.3, -0.25) is 9.89 Å². The second kappa shape index (κ2) is 7.83. The molecule has 0 bridgehead atoms. The number of carbonyl (C=O) groups excluding carboxylic acids is 1. The summed E-state index contributed by atoms with van der Waals surface area (Å²) in [6, 6.07) is 7.62. The Morgan fingerprint density at radius 3 is 2.29 bits per heavy atom. The van der Waals surface area contributed by atoms with Gasteiger partial charge in [0.05, 0.1) is 22.3 Å². The summed E-state index contributed by atoms with van der Waals surface area (Å²) in [6.45, 7) is 10.0. The van der Waals surface area contributed by atoms with Crippen LogP contribution >= 0.6 is 15.9 Å². The summed E-state index contributed by atoms with van der Waals surface area (Å²) in [5.74, 6) is 0.878. The van der Waals surface area contributed by atoms with Gasteiger partial charge in [0, 0.05) is 0 Å². The molecule has 0 aliphatic heterocycles. The lowest BCUT2D eigenvalue weighted by atomic mass is 10.1. The molecule has 2 N–H and O–H groups in total. The van der Waals surface area contributed by atoms with E-state index in [1.165, 1.54) is 0 Å². The van der Waals surface area contributed by atoms with E-state index >= 15 is 0 Å². The first-order chi connectivity index (χ1) is 11.3. The number of hydrogen-bond acceptors (Lipinski definition) is 3. The largest absolute Gasteiger partial charge is 0.491 e. The molecule has 0 aliphatic carbocycles. The van der Waals surface area contributed by atoms with Crippen molar-refractivity contribution >= 4 is 21.8 Å². The third-order valence-corrected chi connectivity index (χ3v) is 4.43. The van der Waals surface area contributed by atoms with Crippen LogP contribution in [0.3, 0.4) is 0 Å². The van der Waals surface area contributed by atoms with Crippen molar-refractivity contribution in [3.8, 4) is 5.75 Å². The van der Waals surface area contributed by atoms with Gasteiger partial charge in [-0.25, -0.2) is 0 Å². The van der Waals surface area contributed by atoms with E-state index in [0.717, 1.165) is 21.5 Å². The van der Waals surface area contributed by atoms with Gasteiger partial charge in [0.1, 0.15) is 5.75 Å². The molecule has 0 radical (unpaired) electrons. The molecule has 2 rings (SSSR count). The van der Waals surface area contributed by atoms with E-state index in [0.29, 0.717) is 5.69 Å². The molecule has 0 spiro atoms. The van der Waals surface area contributed by atoms with Gasteiger partial charge in [0.2, 0.25) is 0 Å². The lowest BCUT2D eigenvalue weighted by Crippen LogP contribution is -2.27. The molecule has 0 saturated carbocycles. The minimum absolute atomic E-state index is 0.128. The lowest BCUT2D eigenvalue weighted by molar-refractivity contribution is 0.0934. The number of ether oxygens (including phenoxy) is 1. The molecule has 0 saturated heterocycles. The highest BCUT2D eigenvalue weighted by Gasteiger charge is 2.20. The van der Waals surface area contributed by atoms with Gasteiger partial charge >= 0.3 is 0 Å². The molecule has 0 fully saturated rings. The van der Waals surface area contributed by atoms with Gasteiger partial charge in [-0.15, -0.1) is 0 Å². The van der Waals surface area contributed by atoms with E-state index in [-0.39, 0.29) is 24.0 Å². The number of H-pyrrole nitrogens is 1. The highest BCUT2D eigenvalue weighted by atomic mass is 79.9. The molecular formula is C18H24BrN3O2. The average Bonchev–Trinajstić information content (AvgIpc) is 2.89. The van der Waals surface area contributed by atoms with Crippen LogP contribution in [0.5, 0.6) is 5.75 Å². The first kappa shape index (κ1) is 18.5. The van der Waals surface area contributed by atoms with Crippen molar-refractivity contribution in [1.29, 1.82) is 0 Å². The summed E-state index contributed by atoms with van der Waals surface area (Å²) in [5.41, 5.74) is 2.31. The monoisotopic (exact) mass is 393 g/mol. The predicted molar refractivity (Wildman–Crippen MR) is 98.5 cm³/mol. The molecule has 1 atom stereocenters. The van der Waals surface area contributed by atoms with Gasteiger partial charge in [0.25, 0.3) is 5.91 Å². The van der Waals surface area contributed by atoms with Gasteiger partial charge in [-0.05, 0) is 60.3 Å². The molecule has 1 heterocycles. The number of rotatable bonds is 6. The van der Waals surface area contributed by atoms with Gasteiger partial charge in [0.15, 0.2) is 5.69 Å². The van der Waals surface area contributed by atoms with Crippen molar-refractivity contribution in [3.63, 3.8) is 0 Å². The standard InChI is InChI=1S/C18H24BrN3O2/c1-10(2)16-15(19)17(22-21-16)18(23)20-12(5)13-6-8-14(9-7-13)24-11(3)4/h6-12H,1-5H3,(H,20,23)(H,21,22). The molecular weight excluding hydrogens is 370 g/mol. The Morgan fingerprint density at radius 1 is 1.17 bits per heavy atom. The third-order valence-electron chi connectivity index (χ3n) is 3.62. The van der Waals surface area contributed by atoms with E-state index in [9.17, 15) is 4.79 Å². The highest BCUT2D eigenvalue weighted by molar-refractivity contribution is 9.10. The number of nitrogens with zero attached hydrogens (tertiary/aromatic N) is 1. The van der Waals surface area contributed by atoms with Gasteiger partial charge in [-0.2, -0.15) is 5.10 Å². The molecule has 0 aliphatic rings. The Balaban J connectivity index is 2.06. The smallest absolute Gasteiger partial charge is 0.273 e. The zero-order valence-corrected chi connectivity index (χ0v) is 16.3. The number of amides is 1. The molecule has 24 heavy (non-hydrogen) atoms. The third kappa shape index (κ3) is 4.38. The number of aromatic nitrogens is 2. The van der Waals surface area contributed by atoms with Crippen molar-refractivity contribution in [1.82, 2.24) is 15.5 Å². The fourth-order valence-electron chi connectivity index (χ4n) is 2.33. The highest BCUT2D eigenvalue weighted by Crippen LogP contribution is 2.26. The molecule has 130 valence electrons. The van der Waals surface area contributed by atoms with Crippen LogP contribution in [0, 0.1) is 0 Å².